The first-order valence-corrected chi connectivity index (χ1v) is 7.85. The summed E-state index contributed by atoms with van der Waals surface area (Å²) in [5.41, 5.74) is 3.98. The normalized spacial score (nSPS) is 12.3. The summed E-state index contributed by atoms with van der Waals surface area (Å²) >= 11 is 7.55. The van der Waals surface area contributed by atoms with Gasteiger partial charge in [0.1, 0.15) is 5.75 Å². The van der Waals surface area contributed by atoms with E-state index in [1.165, 1.54) is 4.88 Å². The second-order valence-electron chi connectivity index (χ2n) is 4.55. The fourth-order valence-electron chi connectivity index (χ4n) is 1.98. The van der Waals surface area contributed by atoms with Crippen molar-refractivity contribution in [3.63, 3.8) is 0 Å². The molecule has 3 N–H and O–H groups in total. The van der Waals surface area contributed by atoms with Crippen molar-refractivity contribution in [1.82, 2.24) is 5.43 Å². The minimum atomic E-state index is 0.0508. The maximum absolute atomic E-state index is 5.96. The van der Waals surface area contributed by atoms with Gasteiger partial charge in [-0.05, 0) is 36.2 Å². The van der Waals surface area contributed by atoms with Gasteiger partial charge in [0.15, 0.2) is 0 Å². The highest BCUT2D eigenvalue weighted by atomic mass is 35.5. The molecule has 1 unspecified atom stereocenters. The molecule has 20 heavy (non-hydrogen) atoms. The molecule has 2 aromatic rings. The molecule has 0 aliphatic heterocycles. The van der Waals surface area contributed by atoms with Gasteiger partial charge in [0.05, 0.1) is 17.0 Å². The van der Waals surface area contributed by atoms with Crippen LogP contribution in [-0.2, 0) is 6.42 Å². The number of halogens is 1. The van der Waals surface area contributed by atoms with Crippen LogP contribution < -0.4 is 16.0 Å². The van der Waals surface area contributed by atoms with Gasteiger partial charge in [-0.15, -0.1) is 11.3 Å². The Kier molecular flexibility index (Phi) is 5.86. The van der Waals surface area contributed by atoms with E-state index in [0.29, 0.717) is 0 Å². The van der Waals surface area contributed by atoms with Gasteiger partial charge in [-0.1, -0.05) is 30.7 Å². The number of nitrogens with one attached hydrogen (secondary N) is 1. The highest BCUT2D eigenvalue weighted by molar-refractivity contribution is 7.16. The van der Waals surface area contributed by atoms with Crippen molar-refractivity contribution < 1.29 is 4.74 Å². The summed E-state index contributed by atoms with van der Waals surface area (Å²) in [6.07, 6.45) is 1.81. The fourth-order valence-corrected chi connectivity index (χ4v) is 3.11. The van der Waals surface area contributed by atoms with E-state index in [-0.39, 0.29) is 6.04 Å². The molecule has 0 fully saturated rings. The van der Waals surface area contributed by atoms with Crippen molar-refractivity contribution in [1.29, 1.82) is 0 Å². The van der Waals surface area contributed by atoms with E-state index in [9.17, 15) is 0 Å². The summed E-state index contributed by atoms with van der Waals surface area (Å²) < 4.78 is 6.46. The van der Waals surface area contributed by atoms with Crippen LogP contribution in [0, 0.1) is 0 Å². The Morgan fingerprint density at radius 3 is 2.85 bits per heavy atom. The first-order chi connectivity index (χ1) is 9.72. The van der Waals surface area contributed by atoms with Gasteiger partial charge >= 0.3 is 0 Å². The van der Waals surface area contributed by atoms with E-state index in [0.717, 1.165) is 35.1 Å². The van der Waals surface area contributed by atoms with Crippen molar-refractivity contribution in [3.05, 3.63) is 51.2 Å². The molecule has 0 saturated heterocycles. The van der Waals surface area contributed by atoms with Crippen LogP contribution in [0.15, 0.2) is 36.4 Å². The van der Waals surface area contributed by atoms with Gasteiger partial charge in [-0.2, -0.15) is 0 Å². The molecule has 1 aromatic carbocycles. The summed E-state index contributed by atoms with van der Waals surface area (Å²) in [5.74, 6) is 6.57. The van der Waals surface area contributed by atoms with Crippen LogP contribution >= 0.6 is 22.9 Å². The van der Waals surface area contributed by atoms with Crippen molar-refractivity contribution in [2.24, 2.45) is 5.84 Å². The third-order valence-corrected chi connectivity index (χ3v) is 4.22. The van der Waals surface area contributed by atoms with Crippen molar-refractivity contribution in [2.75, 3.05) is 6.61 Å². The Balaban J connectivity index is 2.10. The monoisotopic (exact) mass is 310 g/mol. The first kappa shape index (κ1) is 15.3. The highest BCUT2D eigenvalue weighted by Gasteiger charge is 2.12. The molecule has 1 heterocycles. The molecule has 5 heteroatoms. The number of benzene rings is 1. The SMILES string of the molecule is CCCOc1cccc(C(Cc2ccc(Cl)s2)NN)c1. The van der Waals surface area contributed by atoms with Gasteiger partial charge in [0, 0.05) is 11.3 Å². The molecule has 3 nitrogen and oxygen atoms in total. The number of thiophene rings is 1. The summed E-state index contributed by atoms with van der Waals surface area (Å²) in [6, 6.07) is 12.1. The van der Waals surface area contributed by atoms with E-state index in [2.05, 4.69) is 18.4 Å². The molecule has 0 aliphatic carbocycles. The number of hydrogen-bond donors (Lipinski definition) is 2. The molecule has 2 rings (SSSR count). The van der Waals surface area contributed by atoms with E-state index in [4.69, 9.17) is 22.2 Å². The van der Waals surface area contributed by atoms with Gasteiger partial charge in [0.2, 0.25) is 0 Å². The molecule has 0 bridgehead atoms. The molecule has 0 amide bonds. The molecule has 1 aromatic heterocycles. The van der Waals surface area contributed by atoms with E-state index in [1.807, 2.05) is 30.3 Å². The third kappa shape index (κ3) is 4.21. The molecular formula is C15H19ClN2OS. The Morgan fingerprint density at radius 2 is 2.20 bits per heavy atom. The molecule has 1 atom stereocenters. The molecule has 0 spiro atoms. The van der Waals surface area contributed by atoms with Crippen molar-refractivity contribution >= 4 is 22.9 Å². The van der Waals surface area contributed by atoms with Crippen LogP contribution in [-0.4, -0.2) is 6.61 Å². The quantitative estimate of drug-likeness (QED) is 0.601. The first-order valence-electron chi connectivity index (χ1n) is 6.66. The van der Waals surface area contributed by atoms with Crippen LogP contribution in [0.25, 0.3) is 0 Å². The minimum Gasteiger partial charge on any atom is -0.494 e. The largest absolute Gasteiger partial charge is 0.494 e. The van der Waals surface area contributed by atoms with Crippen LogP contribution in [0.5, 0.6) is 5.75 Å². The smallest absolute Gasteiger partial charge is 0.119 e. The van der Waals surface area contributed by atoms with E-state index < -0.39 is 0 Å². The summed E-state index contributed by atoms with van der Waals surface area (Å²) in [5, 5.41) is 0. The predicted molar refractivity (Wildman–Crippen MR) is 85.3 cm³/mol. The van der Waals surface area contributed by atoms with Crippen LogP contribution in [0.2, 0.25) is 4.34 Å². The van der Waals surface area contributed by atoms with Gasteiger partial charge in [-0.3, -0.25) is 11.3 Å². The second kappa shape index (κ2) is 7.64. The topological polar surface area (TPSA) is 47.3 Å². The summed E-state index contributed by atoms with van der Waals surface area (Å²) in [4.78, 5) is 1.21. The zero-order chi connectivity index (χ0) is 14.4. The number of ether oxygens (including phenoxy) is 1. The van der Waals surface area contributed by atoms with Crippen LogP contribution in [0.4, 0.5) is 0 Å². The maximum Gasteiger partial charge on any atom is 0.119 e. The Bertz CT molecular complexity index is 544. The Morgan fingerprint density at radius 1 is 1.35 bits per heavy atom. The molecule has 0 aliphatic rings. The van der Waals surface area contributed by atoms with Gasteiger partial charge in [0.25, 0.3) is 0 Å². The van der Waals surface area contributed by atoms with Gasteiger partial charge < -0.3 is 4.74 Å². The number of rotatable bonds is 7. The lowest BCUT2D eigenvalue weighted by molar-refractivity contribution is 0.316. The average molecular weight is 311 g/mol. The van der Waals surface area contributed by atoms with E-state index >= 15 is 0 Å². The van der Waals surface area contributed by atoms with Crippen molar-refractivity contribution in [3.8, 4) is 5.75 Å². The lowest BCUT2D eigenvalue weighted by Crippen LogP contribution is -2.29. The molecular weight excluding hydrogens is 292 g/mol. The lowest BCUT2D eigenvalue weighted by Gasteiger charge is -2.16. The lowest BCUT2D eigenvalue weighted by atomic mass is 10.0. The van der Waals surface area contributed by atoms with Crippen LogP contribution in [0.3, 0.4) is 0 Å². The molecule has 0 radical (unpaired) electrons. The standard InChI is InChI=1S/C15H19ClN2OS/c1-2-8-19-12-5-3-4-11(9-12)14(18-17)10-13-6-7-15(16)20-13/h3-7,9,14,18H,2,8,10,17H2,1H3. The number of hydrogen-bond acceptors (Lipinski definition) is 4. The Hall–Kier alpha value is -1.07. The molecule has 0 saturated carbocycles. The number of hydrazine groups is 1. The fraction of sp³-hybridized carbons (Fsp3) is 0.333. The third-order valence-electron chi connectivity index (χ3n) is 2.97. The minimum absolute atomic E-state index is 0.0508. The van der Waals surface area contributed by atoms with Gasteiger partial charge in [-0.25, -0.2) is 0 Å². The number of nitrogens with two attached hydrogens (primary N) is 1. The van der Waals surface area contributed by atoms with E-state index in [1.54, 1.807) is 11.3 Å². The van der Waals surface area contributed by atoms with Crippen LogP contribution in [0.1, 0.15) is 29.8 Å². The Labute approximate surface area is 128 Å². The molecule has 108 valence electrons. The zero-order valence-electron chi connectivity index (χ0n) is 11.4. The highest BCUT2D eigenvalue weighted by Crippen LogP contribution is 2.27. The second-order valence-corrected chi connectivity index (χ2v) is 6.35. The zero-order valence-corrected chi connectivity index (χ0v) is 13.0. The average Bonchev–Trinajstić information content (AvgIpc) is 2.88. The maximum atomic E-state index is 5.96. The summed E-state index contributed by atoms with van der Waals surface area (Å²) in [6.45, 7) is 2.82. The predicted octanol–water partition coefficient (Wildman–Crippen LogP) is 3.94. The van der Waals surface area contributed by atoms with Crippen molar-refractivity contribution in [2.45, 2.75) is 25.8 Å². The summed E-state index contributed by atoms with van der Waals surface area (Å²) in [7, 11) is 0.